The Bertz CT molecular complexity index is 729. The van der Waals surface area contributed by atoms with Gasteiger partial charge in [-0.1, -0.05) is 0 Å². The van der Waals surface area contributed by atoms with E-state index in [0.29, 0.717) is 24.3 Å². The summed E-state index contributed by atoms with van der Waals surface area (Å²) in [6, 6.07) is 5.38. The van der Waals surface area contributed by atoms with Crippen LogP contribution in [0.5, 0.6) is 5.75 Å². The van der Waals surface area contributed by atoms with Gasteiger partial charge in [-0.2, -0.15) is 0 Å². The lowest BCUT2D eigenvalue weighted by molar-refractivity contribution is -0.147. The summed E-state index contributed by atoms with van der Waals surface area (Å²) < 4.78 is 32.1. The molecule has 0 bridgehead atoms. The third kappa shape index (κ3) is 5.35. The third-order valence-electron chi connectivity index (χ3n) is 3.67. The highest BCUT2D eigenvalue weighted by Gasteiger charge is 2.35. The Morgan fingerprint density at radius 2 is 1.96 bits per heavy atom. The number of rotatable bonds is 7. The van der Waals surface area contributed by atoms with Gasteiger partial charge in [0.05, 0.1) is 6.10 Å². The number of carbonyl (C=O) groups excluding carboxylic acids is 1. The fourth-order valence-corrected chi connectivity index (χ4v) is 3.72. The second-order valence-corrected chi connectivity index (χ2v) is 7.86. The number of carboxylic acids is 1. The number of sulfonamides is 1. The number of carbonyl (C=O) groups is 2. The molecule has 1 amide bonds. The molecule has 1 aliphatic rings. The van der Waals surface area contributed by atoms with Gasteiger partial charge in [0.25, 0.3) is 0 Å². The van der Waals surface area contributed by atoms with Crippen molar-refractivity contribution in [3.05, 3.63) is 24.3 Å². The van der Waals surface area contributed by atoms with E-state index in [1.807, 2.05) is 13.8 Å². The average molecular weight is 370 g/mol. The molecule has 0 saturated carbocycles. The van der Waals surface area contributed by atoms with E-state index in [9.17, 15) is 18.0 Å². The smallest absolute Gasteiger partial charge is 0.326 e. The first-order valence-electron chi connectivity index (χ1n) is 7.97. The second-order valence-electron chi connectivity index (χ2n) is 6.14. The SMILES string of the molecule is CC(C)Oc1ccc(NS(=O)(=O)CC(=O)N2CCC[C@@H]2C(=O)O)cc1. The number of hydrogen-bond acceptors (Lipinski definition) is 5. The summed E-state index contributed by atoms with van der Waals surface area (Å²) in [5.74, 6) is -2.01. The number of aliphatic carboxylic acids is 1. The molecule has 1 atom stereocenters. The number of anilines is 1. The molecular formula is C16H22N2O6S. The monoisotopic (exact) mass is 370 g/mol. The predicted molar refractivity (Wildman–Crippen MR) is 92.0 cm³/mol. The van der Waals surface area contributed by atoms with Crippen molar-refractivity contribution in [2.45, 2.75) is 38.8 Å². The van der Waals surface area contributed by atoms with Crippen LogP contribution >= 0.6 is 0 Å². The zero-order valence-electron chi connectivity index (χ0n) is 14.1. The summed E-state index contributed by atoms with van der Waals surface area (Å²) >= 11 is 0. The Hall–Kier alpha value is -2.29. The lowest BCUT2D eigenvalue weighted by Crippen LogP contribution is -2.43. The Balaban J connectivity index is 1.99. The van der Waals surface area contributed by atoms with E-state index in [1.54, 1.807) is 12.1 Å². The van der Waals surface area contributed by atoms with Crippen LogP contribution in [0.1, 0.15) is 26.7 Å². The van der Waals surface area contributed by atoms with Crippen LogP contribution in [0, 0.1) is 0 Å². The van der Waals surface area contributed by atoms with Crippen molar-refractivity contribution in [2.24, 2.45) is 0 Å². The first-order chi connectivity index (χ1) is 11.7. The van der Waals surface area contributed by atoms with Crippen molar-refractivity contribution < 1.29 is 27.9 Å². The van der Waals surface area contributed by atoms with Gasteiger partial charge in [0.1, 0.15) is 17.5 Å². The topological polar surface area (TPSA) is 113 Å². The van der Waals surface area contributed by atoms with Crippen molar-refractivity contribution in [2.75, 3.05) is 17.0 Å². The van der Waals surface area contributed by atoms with Gasteiger partial charge in [-0.15, -0.1) is 0 Å². The Morgan fingerprint density at radius 3 is 2.52 bits per heavy atom. The molecule has 0 aliphatic carbocycles. The highest BCUT2D eigenvalue weighted by molar-refractivity contribution is 7.93. The zero-order chi connectivity index (χ0) is 18.6. The zero-order valence-corrected chi connectivity index (χ0v) is 15.0. The number of ether oxygens (including phenoxy) is 1. The van der Waals surface area contributed by atoms with Crippen molar-refractivity contribution in [3.8, 4) is 5.75 Å². The number of nitrogens with one attached hydrogen (secondary N) is 1. The van der Waals surface area contributed by atoms with Gasteiger partial charge in [0.2, 0.25) is 15.9 Å². The van der Waals surface area contributed by atoms with Gasteiger partial charge in [-0.3, -0.25) is 9.52 Å². The average Bonchev–Trinajstić information content (AvgIpc) is 2.98. The summed E-state index contributed by atoms with van der Waals surface area (Å²) in [5.41, 5.74) is 0.306. The van der Waals surface area contributed by atoms with E-state index in [4.69, 9.17) is 9.84 Å². The fourth-order valence-electron chi connectivity index (χ4n) is 2.66. The molecular weight excluding hydrogens is 348 g/mol. The molecule has 1 aliphatic heterocycles. The maximum Gasteiger partial charge on any atom is 0.326 e. The summed E-state index contributed by atoms with van der Waals surface area (Å²) in [6.45, 7) is 4.02. The normalized spacial score (nSPS) is 17.6. The predicted octanol–water partition coefficient (Wildman–Crippen LogP) is 1.29. The molecule has 0 aromatic heterocycles. The van der Waals surface area contributed by atoms with Crippen LogP contribution in [0.4, 0.5) is 5.69 Å². The number of hydrogen-bond donors (Lipinski definition) is 2. The van der Waals surface area contributed by atoms with Crippen LogP contribution in [-0.4, -0.2) is 54.7 Å². The lowest BCUT2D eigenvalue weighted by Gasteiger charge is -2.21. The van der Waals surface area contributed by atoms with E-state index in [2.05, 4.69) is 4.72 Å². The molecule has 2 rings (SSSR count). The fraction of sp³-hybridized carbons (Fsp3) is 0.500. The molecule has 0 spiro atoms. The van der Waals surface area contributed by atoms with Gasteiger partial charge >= 0.3 is 5.97 Å². The molecule has 1 aromatic rings. The van der Waals surface area contributed by atoms with Gasteiger partial charge in [0.15, 0.2) is 0 Å². The molecule has 0 radical (unpaired) electrons. The maximum absolute atomic E-state index is 12.2. The standard InChI is InChI=1S/C16H22N2O6S/c1-11(2)24-13-7-5-12(6-8-13)17-25(22,23)10-15(19)18-9-3-4-14(18)16(20)21/h5-8,11,14,17H,3-4,9-10H2,1-2H3,(H,20,21)/t14-/m1/s1. The quantitative estimate of drug-likeness (QED) is 0.748. The van der Waals surface area contributed by atoms with Crippen LogP contribution in [0.25, 0.3) is 0 Å². The third-order valence-corrected chi connectivity index (χ3v) is 4.84. The summed E-state index contributed by atoms with van der Waals surface area (Å²) in [7, 11) is -3.93. The van der Waals surface area contributed by atoms with Crippen LogP contribution in [0.15, 0.2) is 24.3 Å². The molecule has 0 unspecified atom stereocenters. The van der Waals surface area contributed by atoms with E-state index in [-0.39, 0.29) is 12.6 Å². The van der Waals surface area contributed by atoms with Crippen LogP contribution in [0.3, 0.4) is 0 Å². The molecule has 138 valence electrons. The van der Waals surface area contributed by atoms with Gasteiger partial charge in [0, 0.05) is 12.2 Å². The number of amides is 1. The molecule has 1 aromatic carbocycles. The Morgan fingerprint density at radius 1 is 1.32 bits per heavy atom. The molecule has 8 nitrogen and oxygen atoms in total. The minimum absolute atomic E-state index is 0.00260. The number of benzene rings is 1. The van der Waals surface area contributed by atoms with Crippen LogP contribution in [-0.2, 0) is 19.6 Å². The van der Waals surface area contributed by atoms with E-state index < -0.39 is 33.7 Å². The summed E-state index contributed by atoms with van der Waals surface area (Å²) in [6.07, 6.45) is 0.891. The first kappa shape index (κ1) is 19.0. The van der Waals surface area contributed by atoms with Crippen LogP contribution < -0.4 is 9.46 Å². The molecule has 1 heterocycles. The van der Waals surface area contributed by atoms with Crippen LogP contribution in [0.2, 0.25) is 0 Å². The molecule has 1 saturated heterocycles. The Labute approximate surface area is 146 Å². The number of likely N-dealkylation sites (tertiary alicyclic amines) is 1. The summed E-state index contributed by atoms with van der Waals surface area (Å²) in [4.78, 5) is 24.4. The van der Waals surface area contributed by atoms with E-state index >= 15 is 0 Å². The van der Waals surface area contributed by atoms with Crippen molar-refractivity contribution in [1.82, 2.24) is 4.90 Å². The Kier molecular flexibility index (Phi) is 5.89. The molecule has 25 heavy (non-hydrogen) atoms. The minimum atomic E-state index is -3.93. The van der Waals surface area contributed by atoms with Crippen molar-refractivity contribution >= 4 is 27.6 Å². The van der Waals surface area contributed by atoms with Crippen molar-refractivity contribution in [3.63, 3.8) is 0 Å². The number of nitrogens with zero attached hydrogens (tertiary/aromatic N) is 1. The van der Waals surface area contributed by atoms with Gasteiger partial charge in [-0.25, -0.2) is 13.2 Å². The molecule has 1 fully saturated rings. The minimum Gasteiger partial charge on any atom is -0.491 e. The highest BCUT2D eigenvalue weighted by atomic mass is 32.2. The second kappa shape index (κ2) is 7.73. The molecule has 9 heteroatoms. The number of carboxylic acid groups (broad SMARTS) is 1. The molecule has 2 N–H and O–H groups in total. The lowest BCUT2D eigenvalue weighted by atomic mass is 10.2. The van der Waals surface area contributed by atoms with Gasteiger partial charge < -0.3 is 14.7 Å². The van der Waals surface area contributed by atoms with E-state index in [1.165, 1.54) is 12.1 Å². The van der Waals surface area contributed by atoms with Crippen molar-refractivity contribution in [1.29, 1.82) is 0 Å². The van der Waals surface area contributed by atoms with E-state index in [0.717, 1.165) is 4.90 Å². The summed E-state index contributed by atoms with van der Waals surface area (Å²) in [5, 5.41) is 9.08. The largest absolute Gasteiger partial charge is 0.491 e. The highest BCUT2D eigenvalue weighted by Crippen LogP contribution is 2.20. The first-order valence-corrected chi connectivity index (χ1v) is 9.62. The van der Waals surface area contributed by atoms with Gasteiger partial charge in [-0.05, 0) is 51.0 Å². The maximum atomic E-state index is 12.2.